The Labute approximate surface area is 192 Å². The Morgan fingerprint density at radius 2 is 1.88 bits per heavy atom. The normalized spacial score (nSPS) is 19.9. The molecule has 0 amide bonds. The number of non-ortho nitro benzene ring substituents is 1. The molecule has 0 spiro atoms. The number of thiazole rings is 1. The highest BCUT2D eigenvalue weighted by Crippen LogP contribution is 2.37. The van der Waals surface area contributed by atoms with E-state index in [0.29, 0.717) is 12.5 Å². The fraction of sp³-hybridized carbons (Fsp3) is 0.360. The van der Waals surface area contributed by atoms with Crippen LogP contribution in [0.2, 0.25) is 0 Å². The molecule has 1 fully saturated rings. The van der Waals surface area contributed by atoms with E-state index in [1.165, 1.54) is 24.3 Å². The van der Waals surface area contributed by atoms with Crippen molar-refractivity contribution in [2.75, 3.05) is 0 Å². The molecule has 0 saturated heterocycles. The summed E-state index contributed by atoms with van der Waals surface area (Å²) in [6.45, 7) is 7.46. The zero-order valence-corrected chi connectivity index (χ0v) is 19.5. The maximum Gasteiger partial charge on any atom is 0.269 e. The van der Waals surface area contributed by atoms with Crippen LogP contribution in [0.1, 0.15) is 45.6 Å². The van der Waals surface area contributed by atoms with E-state index >= 15 is 0 Å². The predicted molar refractivity (Wildman–Crippen MR) is 130 cm³/mol. The van der Waals surface area contributed by atoms with Crippen molar-refractivity contribution in [3.63, 3.8) is 0 Å². The van der Waals surface area contributed by atoms with Gasteiger partial charge < -0.3 is 0 Å². The maximum atomic E-state index is 11.1. The number of nitro groups is 1. The Morgan fingerprint density at radius 3 is 2.53 bits per heavy atom. The topological polar surface area (TPSA) is 72.8 Å². The molecule has 4 rings (SSSR count). The summed E-state index contributed by atoms with van der Waals surface area (Å²) < 4.78 is 1.93. The molecule has 0 bridgehead atoms. The third-order valence-electron chi connectivity index (χ3n) is 5.71. The van der Waals surface area contributed by atoms with E-state index in [1.807, 2.05) is 28.3 Å². The maximum absolute atomic E-state index is 11.1. The van der Waals surface area contributed by atoms with Crippen molar-refractivity contribution >= 4 is 22.7 Å². The second kappa shape index (κ2) is 9.20. The Balaban J connectivity index is 1.77. The number of rotatable bonds is 5. The van der Waals surface area contributed by atoms with Gasteiger partial charge in [0.25, 0.3) is 5.69 Å². The minimum absolute atomic E-state index is 0.0821. The molecular formula is C25H28N4O2S. The minimum atomic E-state index is -0.377. The number of aromatic nitrogens is 1. The summed E-state index contributed by atoms with van der Waals surface area (Å²) in [5.74, 6) is 0.587. The quantitative estimate of drug-likeness (QED) is 0.340. The molecule has 1 atom stereocenters. The third-order valence-corrected chi connectivity index (χ3v) is 6.56. The van der Waals surface area contributed by atoms with Gasteiger partial charge in [0.1, 0.15) is 0 Å². The highest BCUT2D eigenvalue weighted by molar-refractivity contribution is 7.07. The van der Waals surface area contributed by atoms with E-state index in [-0.39, 0.29) is 16.0 Å². The van der Waals surface area contributed by atoms with Crippen molar-refractivity contribution in [3.05, 3.63) is 80.5 Å². The van der Waals surface area contributed by atoms with Crippen LogP contribution in [0.3, 0.4) is 0 Å². The Hall–Kier alpha value is -3.06. The summed E-state index contributed by atoms with van der Waals surface area (Å²) in [4.78, 5) is 16.4. The second-order valence-electron chi connectivity index (χ2n) is 9.34. The lowest BCUT2D eigenvalue weighted by molar-refractivity contribution is -0.384. The number of hydrogen-bond acceptors (Lipinski definition) is 5. The summed E-state index contributed by atoms with van der Waals surface area (Å²) in [6.07, 6.45) is 3.13. The van der Waals surface area contributed by atoms with E-state index in [1.54, 1.807) is 23.5 Å². The molecule has 2 aromatic carbocycles. The molecule has 1 heterocycles. The molecule has 6 nitrogen and oxygen atoms in total. The van der Waals surface area contributed by atoms with Crippen LogP contribution in [0, 0.1) is 21.4 Å². The molecule has 1 aliphatic rings. The van der Waals surface area contributed by atoms with Crippen LogP contribution in [0.4, 0.5) is 5.69 Å². The van der Waals surface area contributed by atoms with Crippen molar-refractivity contribution in [2.45, 2.75) is 46.6 Å². The Morgan fingerprint density at radius 1 is 1.16 bits per heavy atom. The van der Waals surface area contributed by atoms with Crippen LogP contribution in [0.25, 0.3) is 11.3 Å². The molecule has 0 radical (unpaired) electrons. The van der Waals surface area contributed by atoms with Crippen molar-refractivity contribution in [1.29, 1.82) is 0 Å². The van der Waals surface area contributed by atoms with Crippen LogP contribution in [-0.2, 0) is 6.54 Å². The Bertz CT molecular complexity index is 1190. The lowest BCUT2D eigenvalue weighted by Gasteiger charge is -2.34. The summed E-state index contributed by atoms with van der Waals surface area (Å²) in [5.41, 5.74) is 4.42. The predicted octanol–water partition coefficient (Wildman–Crippen LogP) is 6.28. The molecule has 1 aromatic heterocycles. The monoisotopic (exact) mass is 448 g/mol. The number of hydrogen-bond donors (Lipinski definition) is 0. The van der Waals surface area contributed by atoms with Gasteiger partial charge in [0, 0.05) is 28.8 Å². The zero-order valence-electron chi connectivity index (χ0n) is 18.7. The number of nitro benzene ring substituents is 1. The lowest BCUT2D eigenvalue weighted by atomic mass is 9.72. The fourth-order valence-corrected chi connectivity index (χ4v) is 5.36. The van der Waals surface area contributed by atoms with Crippen molar-refractivity contribution in [2.24, 2.45) is 21.4 Å². The van der Waals surface area contributed by atoms with E-state index in [0.717, 1.165) is 34.5 Å². The van der Waals surface area contributed by atoms with Gasteiger partial charge in [-0.05, 0) is 48.3 Å². The number of benzene rings is 2. The first-order valence-electron chi connectivity index (χ1n) is 10.9. The summed E-state index contributed by atoms with van der Waals surface area (Å²) in [7, 11) is 0. The van der Waals surface area contributed by atoms with Crippen molar-refractivity contribution in [3.8, 4) is 11.3 Å². The van der Waals surface area contributed by atoms with E-state index in [2.05, 4.69) is 32.9 Å². The molecule has 0 N–H and O–H groups in total. The molecule has 3 aromatic rings. The molecule has 0 aliphatic heterocycles. The fourth-order valence-electron chi connectivity index (χ4n) is 4.53. The van der Waals surface area contributed by atoms with Gasteiger partial charge in [0.05, 0.1) is 17.2 Å². The third kappa shape index (κ3) is 5.22. The molecule has 32 heavy (non-hydrogen) atoms. The highest BCUT2D eigenvalue weighted by Gasteiger charge is 2.30. The molecule has 1 saturated carbocycles. The van der Waals surface area contributed by atoms with Gasteiger partial charge in [-0.2, -0.15) is 5.10 Å². The van der Waals surface area contributed by atoms with Crippen LogP contribution >= 0.6 is 11.3 Å². The second-order valence-corrected chi connectivity index (χ2v) is 10.2. The van der Waals surface area contributed by atoms with Gasteiger partial charge in [0.2, 0.25) is 4.80 Å². The van der Waals surface area contributed by atoms with Gasteiger partial charge in [-0.1, -0.05) is 51.1 Å². The number of nitrogens with zero attached hydrogens (tertiary/aromatic N) is 4. The highest BCUT2D eigenvalue weighted by atomic mass is 32.1. The zero-order chi connectivity index (χ0) is 22.7. The van der Waals surface area contributed by atoms with Crippen LogP contribution < -0.4 is 4.80 Å². The smallest absolute Gasteiger partial charge is 0.258 e. The molecule has 1 aliphatic carbocycles. The average molecular weight is 449 g/mol. The van der Waals surface area contributed by atoms with Gasteiger partial charge in [-0.15, -0.1) is 11.3 Å². The van der Waals surface area contributed by atoms with E-state index in [9.17, 15) is 10.1 Å². The first-order valence-corrected chi connectivity index (χ1v) is 11.8. The van der Waals surface area contributed by atoms with Crippen molar-refractivity contribution in [1.82, 2.24) is 4.68 Å². The summed E-state index contributed by atoms with van der Waals surface area (Å²) >= 11 is 1.55. The summed E-state index contributed by atoms with van der Waals surface area (Å²) in [6, 6.07) is 16.8. The van der Waals surface area contributed by atoms with E-state index in [4.69, 9.17) is 10.1 Å². The van der Waals surface area contributed by atoms with Gasteiger partial charge in [0.15, 0.2) is 0 Å². The molecular weight excluding hydrogens is 420 g/mol. The lowest BCUT2D eigenvalue weighted by Crippen LogP contribution is -2.29. The molecule has 7 heteroatoms. The first-order chi connectivity index (χ1) is 15.3. The van der Waals surface area contributed by atoms with Crippen LogP contribution in [-0.4, -0.2) is 15.3 Å². The largest absolute Gasteiger partial charge is 0.269 e. The van der Waals surface area contributed by atoms with Crippen LogP contribution in [0.15, 0.2) is 70.1 Å². The van der Waals surface area contributed by atoms with E-state index < -0.39 is 0 Å². The van der Waals surface area contributed by atoms with Gasteiger partial charge in [-0.25, -0.2) is 4.68 Å². The Kier molecular flexibility index (Phi) is 6.37. The summed E-state index contributed by atoms with van der Waals surface area (Å²) in [5, 5.41) is 18.2. The SMILES string of the molecule is CC1CC(=Nn2c(-c3ccc([N+](=O)[O-])cc3)csc2=NCc2ccccc2)CC(C)(C)C1. The van der Waals surface area contributed by atoms with Gasteiger partial charge >= 0.3 is 0 Å². The molecule has 166 valence electrons. The van der Waals surface area contributed by atoms with Crippen molar-refractivity contribution < 1.29 is 4.92 Å². The molecule has 1 unspecified atom stereocenters. The average Bonchev–Trinajstić information content (AvgIpc) is 3.14. The standard InChI is InChI=1S/C25H28N4O2S/c1-18-13-21(15-25(2,3)14-18)27-28-23(20-9-11-22(12-10-20)29(30)31)17-32-24(28)26-16-19-7-5-4-6-8-19/h4-12,17-18H,13-16H2,1-3H3. The van der Waals surface area contributed by atoms with Crippen LogP contribution in [0.5, 0.6) is 0 Å². The first kappa shape index (κ1) is 22.1. The van der Waals surface area contributed by atoms with Gasteiger partial charge in [-0.3, -0.25) is 15.1 Å². The minimum Gasteiger partial charge on any atom is -0.258 e.